The summed E-state index contributed by atoms with van der Waals surface area (Å²) >= 11 is 0. The summed E-state index contributed by atoms with van der Waals surface area (Å²) in [5.41, 5.74) is 0. The van der Waals surface area contributed by atoms with Crippen molar-refractivity contribution in [1.29, 1.82) is 0 Å². The molecule has 0 saturated heterocycles. The SMILES string of the molecule is CCOCCOC(=O)CC=O. The molecule has 0 spiro atoms. The first-order valence-corrected chi connectivity index (χ1v) is 3.48. The van der Waals surface area contributed by atoms with Crippen molar-refractivity contribution in [3.05, 3.63) is 0 Å². The van der Waals surface area contributed by atoms with Crippen LogP contribution in [0.2, 0.25) is 0 Å². The molecule has 0 aromatic carbocycles. The minimum Gasteiger partial charge on any atom is -0.463 e. The largest absolute Gasteiger partial charge is 0.463 e. The summed E-state index contributed by atoms with van der Waals surface area (Å²) in [6.45, 7) is 3.07. The molecule has 0 fully saturated rings. The van der Waals surface area contributed by atoms with Gasteiger partial charge in [-0.05, 0) is 6.92 Å². The van der Waals surface area contributed by atoms with Gasteiger partial charge in [-0.3, -0.25) is 4.79 Å². The average Bonchev–Trinajstić information content (AvgIpc) is 1.99. The highest BCUT2D eigenvalue weighted by molar-refractivity contribution is 5.83. The number of ether oxygens (including phenoxy) is 2. The van der Waals surface area contributed by atoms with E-state index in [1.807, 2.05) is 6.92 Å². The molecule has 0 heterocycles. The zero-order valence-corrected chi connectivity index (χ0v) is 6.54. The Balaban J connectivity index is 3.10. The molecule has 0 unspecified atom stereocenters. The predicted molar refractivity (Wildman–Crippen MR) is 38.1 cm³/mol. The molecule has 0 rings (SSSR count). The number of aldehydes is 1. The molecule has 0 atom stereocenters. The number of esters is 1. The minimum absolute atomic E-state index is 0.174. The van der Waals surface area contributed by atoms with E-state index in [1.54, 1.807) is 0 Å². The van der Waals surface area contributed by atoms with Gasteiger partial charge in [0.05, 0.1) is 6.61 Å². The van der Waals surface area contributed by atoms with Crippen LogP contribution in [0.4, 0.5) is 0 Å². The van der Waals surface area contributed by atoms with Crippen molar-refractivity contribution in [3.8, 4) is 0 Å². The summed E-state index contributed by atoms with van der Waals surface area (Å²) in [5, 5.41) is 0. The second-order valence-electron chi connectivity index (χ2n) is 1.79. The van der Waals surface area contributed by atoms with Crippen molar-refractivity contribution in [2.45, 2.75) is 13.3 Å². The van der Waals surface area contributed by atoms with Crippen LogP contribution in [0.1, 0.15) is 13.3 Å². The summed E-state index contributed by atoms with van der Waals surface area (Å²) < 4.78 is 9.49. The quantitative estimate of drug-likeness (QED) is 0.240. The molecule has 0 bridgehead atoms. The van der Waals surface area contributed by atoms with Gasteiger partial charge in [0.1, 0.15) is 19.3 Å². The zero-order valence-electron chi connectivity index (χ0n) is 6.54. The lowest BCUT2D eigenvalue weighted by atomic mass is 10.5. The van der Waals surface area contributed by atoms with Gasteiger partial charge in [0, 0.05) is 6.61 Å². The Hall–Kier alpha value is -0.900. The molecule has 11 heavy (non-hydrogen) atoms. The molecule has 0 aliphatic rings. The first-order chi connectivity index (χ1) is 5.31. The zero-order chi connectivity index (χ0) is 8.53. The van der Waals surface area contributed by atoms with Crippen LogP contribution in [0, 0.1) is 0 Å². The van der Waals surface area contributed by atoms with Crippen molar-refractivity contribution in [3.63, 3.8) is 0 Å². The highest BCUT2D eigenvalue weighted by atomic mass is 16.6. The van der Waals surface area contributed by atoms with Gasteiger partial charge < -0.3 is 14.3 Å². The van der Waals surface area contributed by atoms with Gasteiger partial charge in [0.2, 0.25) is 0 Å². The van der Waals surface area contributed by atoms with Crippen molar-refractivity contribution in [2.24, 2.45) is 0 Å². The van der Waals surface area contributed by atoms with Gasteiger partial charge in [0.25, 0.3) is 0 Å². The topological polar surface area (TPSA) is 52.6 Å². The Bertz CT molecular complexity index is 122. The van der Waals surface area contributed by atoms with E-state index in [0.29, 0.717) is 19.5 Å². The van der Waals surface area contributed by atoms with E-state index in [-0.39, 0.29) is 13.0 Å². The van der Waals surface area contributed by atoms with Gasteiger partial charge in [-0.25, -0.2) is 0 Å². The number of hydrogen-bond acceptors (Lipinski definition) is 4. The lowest BCUT2D eigenvalue weighted by Gasteiger charge is -2.01. The Morgan fingerprint density at radius 2 is 2.18 bits per heavy atom. The molecule has 0 saturated carbocycles. The number of hydrogen-bond donors (Lipinski definition) is 0. The van der Waals surface area contributed by atoms with Gasteiger partial charge >= 0.3 is 5.97 Å². The molecule has 0 aliphatic heterocycles. The van der Waals surface area contributed by atoms with Crippen molar-refractivity contribution < 1.29 is 19.1 Å². The Morgan fingerprint density at radius 3 is 2.73 bits per heavy atom. The lowest BCUT2D eigenvalue weighted by molar-refractivity contribution is -0.145. The summed E-state index contributed by atoms with van der Waals surface area (Å²) in [5.74, 6) is -0.500. The maximum absolute atomic E-state index is 10.5. The van der Waals surface area contributed by atoms with E-state index in [4.69, 9.17) is 4.74 Å². The fourth-order valence-electron chi connectivity index (χ4n) is 0.486. The second kappa shape index (κ2) is 7.21. The molecule has 4 heteroatoms. The third-order valence-electron chi connectivity index (χ3n) is 0.945. The first kappa shape index (κ1) is 10.1. The summed E-state index contributed by atoms with van der Waals surface area (Å²) in [7, 11) is 0. The van der Waals surface area contributed by atoms with E-state index >= 15 is 0 Å². The first-order valence-electron chi connectivity index (χ1n) is 3.48. The molecule has 64 valence electrons. The molecular formula is C7H12O4. The number of carbonyl (C=O) groups is 2. The van der Waals surface area contributed by atoms with Crippen LogP contribution >= 0.6 is 0 Å². The van der Waals surface area contributed by atoms with Crippen LogP contribution in [0.15, 0.2) is 0 Å². The van der Waals surface area contributed by atoms with Crippen molar-refractivity contribution in [2.75, 3.05) is 19.8 Å². The number of carbonyl (C=O) groups excluding carboxylic acids is 2. The van der Waals surface area contributed by atoms with Gasteiger partial charge in [-0.1, -0.05) is 0 Å². The molecule has 0 amide bonds. The van der Waals surface area contributed by atoms with Crippen molar-refractivity contribution in [1.82, 2.24) is 0 Å². The van der Waals surface area contributed by atoms with Gasteiger partial charge in [-0.15, -0.1) is 0 Å². The lowest BCUT2D eigenvalue weighted by Crippen LogP contribution is -2.10. The molecule has 0 aromatic rings. The van der Waals surface area contributed by atoms with E-state index in [1.165, 1.54) is 0 Å². The predicted octanol–water partition coefficient (Wildman–Crippen LogP) is 0.155. The highest BCUT2D eigenvalue weighted by Crippen LogP contribution is 1.83. The fourth-order valence-corrected chi connectivity index (χ4v) is 0.486. The van der Waals surface area contributed by atoms with E-state index in [9.17, 15) is 9.59 Å². The maximum atomic E-state index is 10.5. The molecule has 4 nitrogen and oxygen atoms in total. The van der Waals surface area contributed by atoms with Crippen LogP contribution < -0.4 is 0 Å². The summed E-state index contributed by atoms with van der Waals surface area (Å²) in [6, 6.07) is 0. The number of rotatable bonds is 6. The normalized spacial score (nSPS) is 9.18. The Kier molecular flexibility index (Phi) is 6.62. The third-order valence-corrected chi connectivity index (χ3v) is 0.945. The van der Waals surface area contributed by atoms with Crippen molar-refractivity contribution >= 4 is 12.3 Å². The van der Waals surface area contributed by atoms with Crippen LogP contribution in [-0.4, -0.2) is 32.1 Å². The van der Waals surface area contributed by atoms with E-state index in [2.05, 4.69) is 4.74 Å². The minimum atomic E-state index is -0.500. The molecule has 0 N–H and O–H groups in total. The maximum Gasteiger partial charge on any atom is 0.313 e. The summed E-state index contributed by atoms with van der Waals surface area (Å²) in [6.07, 6.45) is 0.342. The van der Waals surface area contributed by atoms with Crippen LogP contribution in [0.25, 0.3) is 0 Å². The molecular weight excluding hydrogens is 148 g/mol. The Morgan fingerprint density at radius 1 is 1.45 bits per heavy atom. The fraction of sp³-hybridized carbons (Fsp3) is 0.714. The van der Waals surface area contributed by atoms with Crippen LogP contribution in [0.3, 0.4) is 0 Å². The van der Waals surface area contributed by atoms with Crippen LogP contribution in [0.5, 0.6) is 0 Å². The van der Waals surface area contributed by atoms with Crippen LogP contribution in [-0.2, 0) is 19.1 Å². The Labute approximate surface area is 65.5 Å². The highest BCUT2D eigenvalue weighted by Gasteiger charge is 1.99. The molecule has 0 aliphatic carbocycles. The van der Waals surface area contributed by atoms with E-state index < -0.39 is 5.97 Å². The smallest absolute Gasteiger partial charge is 0.313 e. The van der Waals surface area contributed by atoms with Gasteiger partial charge in [0.15, 0.2) is 0 Å². The summed E-state index contributed by atoms with van der Waals surface area (Å²) in [4.78, 5) is 20.3. The third kappa shape index (κ3) is 6.99. The average molecular weight is 160 g/mol. The molecule has 0 aromatic heterocycles. The molecule has 0 radical (unpaired) electrons. The van der Waals surface area contributed by atoms with E-state index in [0.717, 1.165) is 0 Å². The second-order valence-corrected chi connectivity index (χ2v) is 1.79. The van der Waals surface area contributed by atoms with Gasteiger partial charge in [-0.2, -0.15) is 0 Å². The monoisotopic (exact) mass is 160 g/mol. The standard InChI is InChI=1S/C7H12O4/c1-2-10-5-6-11-7(9)3-4-8/h4H,2-3,5-6H2,1H3.